The molecule has 0 unspecified atom stereocenters. The van der Waals surface area contributed by atoms with Crippen LogP contribution in [-0.2, 0) is 0 Å². The summed E-state index contributed by atoms with van der Waals surface area (Å²) in [4.78, 5) is 24.7. The van der Waals surface area contributed by atoms with Crippen LogP contribution < -0.4 is 24.8 Å². The van der Waals surface area contributed by atoms with Gasteiger partial charge in [0.15, 0.2) is 11.5 Å². The van der Waals surface area contributed by atoms with Crippen LogP contribution in [0.25, 0.3) is 0 Å². The number of carbonyl (C=O) groups excluding carboxylic acids is 2. The Labute approximate surface area is 143 Å². The Morgan fingerprint density at radius 3 is 2.12 bits per heavy atom. The maximum absolute atomic E-state index is 12.5. The molecule has 0 atom stereocenters. The van der Waals surface area contributed by atoms with Gasteiger partial charge in [0.25, 0.3) is 11.8 Å². The van der Waals surface area contributed by atoms with E-state index >= 15 is 0 Å². The monoisotopic (exact) mass is 350 g/mol. The summed E-state index contributed by atoms with van der Waals surface area (Å²) in [7, 11) is 5.97. The first-order chi connectivity index (χ1) is 11.5. The number of rotatable bonds is 6. The van der Waals surface area contributed by atoms with Gasteiger partial charge in [-0.1, -0.05) is 0 Å². The summed E-state index contributed by atoms with van der Waals surface area (Å²) in [6.07, 6.45) is 0. The van der Waals surface area contributed by atoms with Gasteiger partial charge < -0.3 is 24.8 Å². The average Bonchev–Trinajstić information content (AvgIpc) is 3.07. The highest BCUT2D eigenvalue weighted by atomic mass is 32.1. The molecule has 1 heterocycles. The van der Waals surface area contributed by atoms with Gasteiger partial charge in [0.1, 0.15) is 4.88 Å². The fraction of sp³-hybridized carbons (Fsp3) is 0.250. The van der Waals surface area contributed by atoms with Gasteiger partial charge in [0, 0.05) is 12.6 Å². The topological polar surface area (TPSA) is 85.9 Å². The third-order valence-corrected chi connectivity index (χ3v) is 4.19. The third-order valence-electron chi connectivity index (χ3n) is 3.27. The van der Waals surface area contributed by atoms with Gasteiger partial charge in [0.05, 0.1) is 27.0 Å². The number of amides is 2. The molecule has 24 heavy (non-hydrogen) atoms. The largest absolute Gasteiger partial charge is 0.493 e. The number of anilines is 1. The predicted molar refractivity (Wildman–Crippen MR) is 91.8 cm³/mol. The highest BCUT2D eigenvalue weighted by molar-refractivity contribution is 7.12. The van der Waals surface area contributed by atoms with Crippen LogP contribution in [0.2, 0.25) is 0 Å². The number of hydrogen-bond donors (Lipinski definition) is 2. The van der Waals surface area contributed by atoms with Crippen molar-refractivity contribution in [2.24, 2.45) is 0 Å². The van der Waals surface area contributed by atoms with E-state index in [9.17, 15) is 9.59 Å². The first kappa shape index (κ1) is 17.6. The number of methoxy groups -OCH3 is 3. The van der Waals surface area contributed by atoms with Crippen LogP contribution in [0.1, 0.15) is 20.0 Å². The Bertz CT molecular complexity index is 732. The predicted octanol–water partition coefficient (Wildman–Crippen LogP) is 2.39. The van der Waals surface area contributed by atoms with Crippen molar-refractivity contribution in [3.63, 3.8) is 0 Å². The third kappa shape index (κ3) is 3.43. The van der Waals surface area contributed by atoms with Crippen molar-refractivity contribution in [1.82, 2.24) is 5.32 Å². The van der Waals surface area contributed by atoms with E-state index in [1.165, 1.54) is 39.7 Å². The number of hydrogen-bond acceptors (Lipinski definition) is 6. The summed E-state index contributed by atoms with van der Waals surface area (Å²) < 4.78 is 15.7. The van der Waals surface area contributed by atoms with Crippen LogP contribution in [-0.4, -0.2) is 40.2 Å². The summed E-state index contributed by atoms with van der Waals surface area (Å²) in [5, 5.41) is 6.99. The molecule has 2 aromatic rings. The molecule has 0 saturated heterocycles. The van der Waals surface area contributed by atoms with Gasteiger partial charge >= 0.3 is 0 Å². The molecule has 1 aromatic carbocycles. The number of thiophene rings is 1. The molecular weight excluding hydrogens is 332 g/mol. The lowest BCUT2D eigenvalue weighted by atomic mass is 10.1. The fourth-order valence-electron chi connectivity index (χ4n) is 2.10. The van der Waals surface area contributed by atoms with Crippen molar-refractivity contribution >= 4 is 28.8 Å². The lowest BCUT2D eigenvalue weighted by Crippen LogP contribution is -2.20. The quantitative estimate of drug-likeness (QED) is 0.835. The van der Waals surface area contributed by atoms with E-state index in [2.05, 4.69) is 10.6 Å². The van der Waals surface area contributed by atoms with E-state index in [-0.39, 0.29) is 5.91 Å². The van der Waals surface area contributed by atoms with Crippen LogP contribution >= 0.6 is 11.3 Å². The maximum atomic E-state index is 12.5. The van der Waals surface area contributed by atoms with Crippen molar-refractivity contribution in [3.05, 3.63) is 34.0 Å². The molecule has 0 aliphatic heterocycles. The molecule has 2 amide bonds. The molecule has 2 rings (SSSR count). The van der Waals surface area contributed by atoms with E-state index in [0.717, 1.165) is 0 Å². The molecule has 0 radical (unpaired) electrons. The SMILES string of the molecule is CNC(=O)c1sccc1NC(=O)c1cc(OC)c(OC)c(OC)c1. The minimum absolute atomic E-state index is 0.259. The van der Waals surface area contributed by atoms with Crippen LogP contribution in [0.5, 0.6) is 17.2 Å². The van der Waals surface area contributed by atoms with Crippen molar-refractivity contribution < 1.29 is 23.8 Å². The lowest BCUT2D eigenvalue weighted by Gasteiger charge is -2.14. The van der Waals surface area contributed by atoms with E-state index in [1.54, 1.807) is 23.6 Å². The highest BCUT2D eigenvalue weighted by Crippen LogP contribution is 2.38. The Kier molecular flexibility index (Phi) is 5.64. The first-order valence-corrected chi connectivity index (χ1v) is 7.84. The molecule has 0 aliphatic rings. The standard InChI is InChI=1S/C16H18N2O5S/c1-17-16(20)14-10(5-6-24-14)18-15(19)9-7-11(21-2)13(23-4)12(8-9)22-3/h5-8H,1-4H3,(H,17,20)(H,18,19). The molecule has 2 N–H and O–H groups in total. The normalized spacial score (nSPS) is 10.0. The molecule has 8 heteroatoms. The Balaban J connectivity index is 2.34. The van der Waals surface area contributed by atoms with Crippen molar-refractivity contribution in [3.8, 4) is 17.2 Å². The smallest absolute Gasteiger partial charge is 0.263 e. The van der Waals surface area contributed by atoms with E-state index in [1.807, 2.05) is 0 Å². The average molecular weight is 350 g/mol. The molecule has 0 spiro atoms. The van der Waals surface area contributed by atoms with E-state index in [4.69, 9.17) is 14.2 Å². The Hall–Kier alpha value is -2.74. The van der Waals surface area contributed by atoms with Crippen LogP contribution in [0, 0.1) is 0 Å². The molecule has 7 nitrogen and oxygen atoms in total. The minimum Gasteiger partial charge on any atom is -0.493 e. The van der Waals surface area contributed by atoms with Crippen molar-refractivity contribution in [2.45, 2.75) is 0 Å². The van der Waals surface area contributed by atoms with Gasteiger partial charge in [-0.2, -0.15) is 0 Å². The Morgan fingerprint density at radius 2 is 1.62 bits per heavy atom. The van der Waals surface area contributed by atoms with E-state index < -0.39 is 5.91 Å². The van der Waals surface area contributed by atoms with Crippen molar-refractivity contribution in [2.75, 3.05) is 33.7 Å². The van der Waals surface area contributed by atoms with Gasteiger partial charge in [-0.15, -0.1) is 11.3 Å². The number of benzene rings is 1. The molecular formula is C16H18N2O5S. The lowest BCUT2D eigenvalue weighted by molar-refractivity contribution is 0.0968. The molecule has 1 aromatic heterocycles. The summed E-state index contributed by atoms with van der Waals surface area (Å²) >= 11 is 1.24. The van der Waals surface area contributed by atoms with Crippen LogP contribution in [0.15, 0.2) is 23.6 Å². The maximum Gasteiger partial charge on any atom is 0.263 e. The number of ether oxygens (including phenoxy) is 3. The second-order valence-corrected chi connectivity index (χ2v) is 5.53. The van der Waals surface area contributed by atoms with Crippen LogP contribution in [0.4, 0.5) is 5.69 Å². The van der Waals surface area contributed by atoms with E-state index in [0.29, 0.717) is 33.4 Å². The van der Waals surface area contributed by atoms with Crippen molar-refractivity contribution in [1.29, 1.82) is 0 Å². The zero-order chi connectivity index (χ0) is 17.7. The van der Waals surface area contributed by atoms with Crippen LogP contribution in [0.3, 0.4) is 0 Å². The molecule has 0 fully saturated rings. The minimum atomic E-state index is -0.391. The second kappa shape index (κ2) is 7.69. The van der Waals surface area contributed by atoms with Gasteiger partial charge in [-0.3, -0.25) is 9.59 Å². The molecule has 0 saturated carbocycles. The zero-order valence-corrected chi connectivity index (χ0v) is 14.6. The second-order valence-electron chi connectivity index (χ2n) is 4.61. The summed E-state index contributed by atoms with van der Waals surface area (Å²) in [5.41, 5.74) is 0.761. The Morgan fingerprint density at radius 1 is 1.00 bits per heavy atom. The molecule has 128 valence electrons. The molecule has 0 aliphatic carbocycles. The first-order valence-electron chi connectivity index (χ1n) is 6.96. The summed E-state index contributed by atoms with van der Waals surface area (Å²) in [5.74, 6) is 0.499. The van der Waals surface area contributed by atoms with Gasteiger partial charge in [-0.25, -0.2) is 0 Å². The summed E-state index contributed by atoms with van der Waals surface area (Å²) in [6, 6.07) is 4.76. The molecule has 0 bridgehead atoms. The highest BCUT2D eigenvalue weighted by Gasteiger charge is 2.19. The number of nitrogens with one attached hydrogen (secondary N) is 2. The fourth-order valence-corrected chi connectivity index (χ4v) is 2.90. The van der Waals surface area contributed by atoms with Gasteiger partial charge in [0.2, 0.25) is 5.75 Å². The zero-order valence-electron chi connectivity index (χ0n) is 13.8. The van der Waals surface area contributed by atoms with Gasteiger partial charge in [-0.05, 0) is 23.6 Å². The number of carbonyl (C=O) groups is 2. The summed E-state index contributed by atoms with van der Waals surface area (Å²) in [6.45, 7) is 0.